The summed E-state index contributed by atoms with van der Waals surface area (Å²) in [6.07, 6.45) is 6.29. The van der Waals surface area contributed by atoms with Crippen LogP contribution in [0.3, 0.4) is 0 Å². The predicted octanol–water partition coefficient (Wildman–Crippen LogP) is 4.33. The fraction of sp³-hybridized carbons (Fsp3) is 0.333. The van der Waals surface area contributed by atoms with Crippen molar-refractivity contribution in [1.29, 1.82) is 0 Å². The fourth-order valence-corrected chi connectivity index (χ4v) is 4.08. The summed E-state index contributed by atoms with van der Waals surface area (Å²) in [5.74, 6) is 1.24. The Bertz CT molecular complexity index is 974. The van der Waals surface area contributed by atoms with Crippen molar-refractivity contribution in [3.05, 3.63) is 60.2 Å². The Balaban J connectivity index is 1.79. The van der Waals surface area contributed by atoms with Gasteiger partial charge in [0, 0.05) is 48.0 Å². The molecule has 6 nitrogen and oxygen atoms in total. The number of Topliss-reactive ketones (excluding diaryl/α,β-unsaturated/α-hetero) is 1. The fourth-order valence-electron chi connectivity index (χ4n) is 3.24. The lowest BCUT2D eigenvalue weighted by molar-refractivity contribution is 0.102. The van der Waals surface area contributed by atoms with Gasteiger partial charge in [0.2, 0.25) is 0 Å². The number of pyridine rings is 1. The molecule has 3 aromatic heterocycles. The van der Waals surface area contributed by atoms with Crippen LogP contribution in [0.4, 0.5) is 0 Å². The second-order valence-corrected chi connectivity index (χ2v) is 7.53. The molecule has 3 rings (SSSR count). The maximum Gasteiger partial charge on any atom is 0.191 e. The minimum absolute atomic E-state index is 0.102. The van der Waals surface area contributed by atoms with Crippen LogP contribution in [-0.4, -0.2) is 35.9 Å². The van der Waals surface area contributed by atoms with E-state index >= 15 is 0 Å². The van der Waals surface area contributed by atoms with Crippen molar-refractivity contribution in [2.45, 2.75) is 45.4 Å². The Labute approximate surface area is 169 Å². The number of hydrogen-bond acceptors (Lipinski definition) is 5. The van der Waals surface area contributed by atoms with Gasteiger partial charge in [-0.05, 0) is 38.5 Å². The first-order chi connectivity index (χ1) is 13.6. The van der Waals surface area contributed by atoms with Crippen molar-refractivity contribution in [3.63, 3.8) is 0 Å². The Morgan fingerprint density at radius 2 is 1.96 bits per heavy atom. The number of nitrogens with zero attached hydrogens (tertiary/aromatic N) is 5. The topological polar surface area (TPSA) is 65.6 Å². The summed E-state index contributed by atoms with van der Waals surface area (Å²) < 4.78 is 4.18. The third-order valence-electron chi connectivity index (χ3n) is 4.62. The van der Waals surface area contributed by atoms with E-state index < -0.39 is 0 Å². The van der Waals surface area contributed by atoms with Crippen molar-refractivity contribution in [1.82, 2.24) is 24.3 Å². The molecule has 0 unspecified atom stereocenters. The van der Waals surface area contributed by atoms with Gasteiger partial charge in [-0.15, -0.1) is 16.8 Å². The van der Waals surface area contributed by atoms with E-state index in [0.29, 0.717) is 12.3 Å². The third kappa shape index (κ3) is 4.09. The molecule has 28 heavy (non-hydrogen) atoms. The number of thioether (sulfide) groups is 1. The smallest absolute Gasteiger partial charge is 0.191 e. The molecule has 0 saturated heterocycles. The van der Waals surface area contributed by atoms with Gasteiger partial charge in [0.15, 0.2) is 16.8 Å². The zero-order valence-corrected chi connectivity index (χ0v) is 17.4. The van der Waals surface area contributed by atoms with Gasteiger partial charge in [-0.3, -0.25) is 9.78 Å². The average molecular weight is 396 g/mol. The summed E-state index contributed by atoms with van der Waals surface area (Å²) in [6.45, 7) is 11.4. The Hall–Kier alpha value is -2.67. The first-order valence-corrected chi connectivity index (χ1v) is 10.3. The highest BCUT2D eigenvalue weighted by Crippen LogP contribution is 2.25. The number of allylic oxidation sites excluding steroid dienone is 1. The summed E-state index contributed by atoms with van der Waals surface area (Å²) in [7, 11) is 0. The van der Waals surface area contributed by atoms with Crippen molar-refractivity contribution < 1.29 is 4.79 Å². The van der Waals surface area contributed by atoms with E-state index in [1.807, 2.05) is 38.1 Å². The molecule has 7 heteroatoms. The first kappa shape index (κ1) is 20.1. The SMILES string of the molecule is C=CCn1c(C)cc(C(=O)CSc2nnc(-c3ccncc3)n2CCC)c1C. The van der Waals surface area contributed by atoms with Crippen molar-refractivity contribution in [2.75, 3.05) is 5.75 Å². The molecule has 0 fully saturated rings. The zero-order valence-electron chi connectivity index (χ0n) is 16.6. The van der Waals surface area contributed by atoms with Crippen molar-refractivity contribution in [2.24, 2.45) is 0 Å². The molecule has 0 amide bonds. The van der Waals surface area contributed by atoms with E-state index in [9.17, 15) is 4.79 Å². The number of carbonyl (C=O) groups excluding carboxylic acids is 1. The van der Waals surface area contributed by atoms with Crippen molar-refractivity contribution in [3.8, 4) is 11.4 Å². The highest BCUT2D eigenvalue weighted by Gasteiger charge is 2.18. The third-order valence-corrected chi connectivity index (χ3v) is 5.59. The molecule has 0 aromatic carbocycles. The summed E-state index contributed by atoms with van der Waals surface area (Å²) in [4.78, 5) is 16.9. The zero-order chi connectivity index (χ0) is 20.1. The lowest BCUT2D eigenvalue weighted by Gasteiger charge is -2.09. The summed E-state index contributed by atoms with van der Waals surface area (Å²) >= 11 is 1.44. The van der Waals surface area contributed by atoms with Crippen LogP contribution in [0.1, 0.15) is 35.1 Å². The molecule has 146 valence electrons. The van der Waals surface area contributed by atoms with Crippen molar-refractivity contribution >= 4 is 17.5 Å². The van der Waals surface area contributed by atoms with Gasteiger partial charge < -0.3 is 9.13 Å². The summed E-state index contributed by atoms with van der Waals surface area (Å²) in [5.41, 5.74) is 3.79. The molecule has 0 bridgehead atoms. The lowest BCUT2D eigenvalue weighted by atomic mass is 10.2. The van der Waals surface area contributed by atoms with Gasteiger partial charge in [0.05, 0.1) is 5.75 Å². The highest BCUT2D eigenvalue weighted by molar-refractivity contribution is 7.99. The molecule has 0 radical (unpaired) electrons. The number of hydrogen-bond donors (Lipinski definition) is 0. The van der Waals surface area contributed by atoms with E-state index in [1.165, 1.54) is 11.8 Å². The normalized spacial score (nSPS) is 11.0. The maximum absolute atomic E-state index is 12.8. The quantitative estimate of drug-likeness (QED) is 0.306. The van der Waals surface area contributed by atoms with E-state index in [4.69, 9.17) is 0 Å². The minimum Gasteiger partial charge on any atom is -0.345 e. The minimum atomic E-state index is 0.102. The molecule has 0 N–H and O–H groups in total. The molecular formula is C21H25N5OS. The molecule has 0 spiro atoms. The highest BCUT2D eigenvalue weighted by atomic mass is 32.2. The number of rotatable bonds is 9. The number of aryl methyl sites for hydroxylation is 1. The molecule has 3 aromatic rings. The molecule has 0 aliphatic heterocycles. The molecule has 0 aliphatic rings. The van der Waals surface area contributed by atoms with Crippen LogP contribution in [-0.2, 0) is 13.1 Å². The molecule has 0 saturated carbocycles. The lowest BCUT2D eigenvalue weighted by Crippen LogP contribution is -2.08. The maximum atomic E-state index is 12.8. The van der Waals surface area contributed by atoms with E-state index in [1.54, 1.807) is 12.4 Å². The predicted molar refractivity (Wildman–Crippen MR) is 113 cm³/mol. The van der Waals surface area contributed by atoms with Gasteiger partial charge in [-0.1, -0.05) is 24.8 Å². The van der Waals surface area contributed by atoms with E-state index in [0.717, 1.165) is 46.5 Å². The monoisotopic (exact) mass is 395 g/mol. The van der Waals surface area contributed by atoms with Gasteiger partial charge in [0.25, 0.3) is 0 Å². The Kier molecular flexibility index (Phi) is 6.46. The molecule has 0 aliphatic carbocycles. The van der Waals surface area contributed by atoms with E-state index in [2.05, 4.69) is 37.8 Å². The van der Waals surface area contributed by atoms with Gasteiger partial charge in [0.1, 0.15) is 0 Å². The van der Waals surface area contributed by atoms with E-state index in [-0.39, 0.29) is 5.78 Å². The number of ketones is 1. The first-order valence-electron chi connectivity index (χ1n) is 9.34. The van der Waals surface area contributed by atoms with Crippen LogP contribution in [0, 0.1) is 13.8 Å². The van der Waals surface area contributed by atoms with Crippen LogP contribution in [0.15, 0.2) is 48.4 Å². The number of aromatic nitrogens is 5. The van der Waals surface area contributed by atoms with Gasteiger partial charge in [-0.2, -0.15) is 0 Å². The standard InChI is InChI=1S/C21H25N5OS/c1-5-11-25-15(3)13-18(16(25)4)19(27)14-28-21-24-23-20(26(21)12-6-2)17-7-9-22-10-8-17/h5,7-10,13H,1,6,11-12,14H2,2-4H3. The van der Waals surface area contributed by atoms with Crippen LogP contribution < -0.4 is 0 Å². The second-order valence-electron chi connectivity index (χ2n) is 6.59. The molecular weight excluding hydrogens is 370 g/mol. The summed E-state index contributed by atoms with van der Waals surface area (Å²) in [6, 6.07) is 5.80. The molecule has 0 atom stereocenters. The van der Waals surface area contributed by atoms with Crippen LogP contribution in [0.2, 0.25) is 0 Å². The summed E-state index contributed by atoms with van der Waals surface area (Å²) in [5, 5.41) is 9.46. The molecule has 3 heterocycles. The van der Waals surface area contributed by atoms with Gasteiger partial charge >= 0.3 is 0 Å². The van der Waals surface area contributed by atoms with Gasteiger partial charge in [-0.25, -0.2) is 0 Å². The average Bonchev–Trinajstić information content (AvgIpc) is 3.23. The van der Waals surface area contributed by atoms with Crippen LogP contribution in [0.25, 0.3) is 11.4 Å². The second kappa shape index (κ2) is 9.01. The van der Waals surface area contributed by atoms with Crippen LogP contribution >= 0.6 is 11.8 Å². The Morgan fingerprint density at radius 3 is 2.64 bits per heavy atom. The Morgan fingerprint density at radius 1 is 1.21 bits per heavy atom. The number of carbonyl (C=O) groups is 1. The van der Waals surface area contributed by atoms with Crippen LogP contribution in [0.5, 0.6) is 0 Å². The largest absolute Gasteiger partial charge is 0.345 e.